The number of halogens is 1. The Morgan fingerprint density at radius 1 is 1.43 bits per heavy atom. The Morgan fingerprint density at radius 2 is 2.29 bits per heavy atom. The van der Waals surface area contributed by atoms with Crippen molar-refractivity contribution >= 4 is 15.9 Å². The molecule has 2 rings (SSSR count). The molecule has 0 aliphatic heterocycles. The molecule has 72 valence electrons. The van der Waals surface area contributed by atoms with E-state index in [1.807, 2.05) is 18.2 Å². The van der Waals surface area contributed by atoms with Gasteiger partial charge in [-0.25, -0.2) is 0 Å². The van der Waals surface area contributed by atoms with Crippen LogP contribution in [0.25, 0.3) is 0 Å². The summed E-state index contributed by atoms with van der Waals surface area (Å²) in [4.78, 5) is 4.01. The molecule has 2 aromatic rings. The number of nitrogens with two attached hydrogens (primary N) is 1. The first-order chi connectivity index (χ1) is 6.79. The molecular formula is C10H9BrN2O. The molecule has 0 aliphatic carbocycles. The summed E-state index contributed by atoms with van der Waals surface area (Å²) in [5.74, 6) is 0.720. The first kappa shape index (κ1) is 9.43. The summed E-state index contributed by atoms with van der Waals surface area (Å²) >= 11 is 3.37. The predicted molar refractivity (Wildman–Crippen MR) is 56.7 cm³/mol. The van der Waals surface area contributed by atoms with Gasteiger partial charge < -0.3 is 10.2 Å². The van der Waals surface area contributed by atoms with Crippen molar-refractivity contribution in [2.75, 3.05) is 0 Å². The molecule has 14 heavy (non-hydrogen) atoms. The van der Waals surface area contributed by atoms with Gasteiger partial charge in [0.2, 0.25) is 0 Å². The van der Waals surface area contributed by atoms with Crippen LogP contribution in [-0.2, 0) is 0 Å². The second kappa shape index (κ2) is 3.94. The number of rotatable bonds is 2. The van der Waals surface area contributed by atoms with E-state index in [1.165, 1.54) is 0 Å². The van der Waals surface area contributed by atoms with Crippen LogP contribution in [0.15, 0.2) is 45.7 Å². The molecule has 0 aliphatic rings. The van der Waals surface area contributed by atoms with Crippen LogP contribution in [0.5, 0.6) is 0 Å². The summed E-state index contributed by atoms with van der Waals surface area (Å²) in [6, 6.07) is 5.33. The average molecular weight is 253 g/mol. The van der Waals surface area contributed by atoms with Crippen molar-refractivity contribution in [2.24, 2.45) is 5.73 Å². The Balaban J connectivity index is 2.34. The number of hydrogen-bond donors (Lipinski definition) is 1. The minimum Gasteiger partial charge on any atom is -0.466 e. The van der Waals surface area contributed by atoms with Gasteiger partial charge in [0, 0.05) is 12.4 Å². The third kappa shape index (κ3) is 1.71. The third-order valence-corrected chi connectivity index (χ3v) is 2.63. The Morgan fingerprint density at radius 3 is 2.86 bits per heavy atom. The topological polar surface area (TPSA) is 52.0 Å². The van der Waals surface area contributed by atoms with Crippen LogP contribution in [0.1, 0.15) is 17.4 Å². The molecule has 0 fully saturated rings. The molecule has 4 heteroatoms. The molecule has 0 bridgehead atoms. The van der Waals surface area contributed by atoms with Crippen LogP contribution in [0, 0.1) is 0 Å². The normalized spacial score (nSPS) is 12.7. The van der Waals surface area contributed by atoms with Crippen molar-refractivity contribution in [1.29, 1.82) is 0 Å². The van der Waals surface area contributed by atoms with Crippen LogP contribution in [0.2, 0.25) is 0 Å². The smallest absolute Gasteiger partial charge is 0.139 e. The zero-order valence-electron chi connectivity index (χ0n) is 7.35. The fraction of sp³-hybridized carbons (Fsp3) is 0.100. The molecule has 0 saturated heterocycles. The maximum absolute atomic E-state index is 6.00. The van der Waals surface area contributed by atoms with Crippen molar-refractivity contribution in [3.63, 3.8) is 0 Å². The van der Waals surface area contributed by atoms with Gasteiger partial charge in [0.1, 0.15) is 5.76 Å². The summed E-state index contributed by atoms with van der Waals surface area (Å²) in [6.45, 7) is 0. The first-order valence-corrected chi connectivity index (χ1v) is 4.96. The third-order valence-electron chi connectivity index (χ3n) is 1.97. The quantitative estimate of drug-likeness (QED) is 0.894. The van der Waals surface area contributed by atoms with E-state index in [0.29, 0.717) is 0 Å². The van der Waals surface area contributed by atoms with E-state index >= 15 is 0 Å². The average Bonchev–Trinajstić information content (AvgIpc) is 2.65. The standard InChI is InChI=1S/C10H9BrN2O/c11-8-3-5-14-10(8)9(12)7-2-1-4-13-6-7/h1-6,9H,12H2. The van der Waals surface area contributed by atoms with Gasteiger partial charge in [-0.15, -0.1) is 0 Å². The van der Waals surface area contributed by atoms with Crippen molar-refractivity contribution in [3.05, 3.63) is 52.7 Å². The van der Waals surface area contributed by atoms with Gasteiger partial charge in [0.05, 0.1) is 16.8 Å². The van der Waals surface area contributed by atoms with E-state index in [1.54, 1.807) is 18.7 Å². The van der Waals surface area contributed by atoms with Crippen molar-refractivity contribution in [1.82, 2.24) is 4.98 Å². The summed E-state index contributed by atoms with van der Waals surface area (Å²) in [5, 5.41) is 0. The molecule has 2 N–H and O–H groups in total. The highest BCUT2D eigenvalue weighted by molar-refractivity contribution is 9.10. The molecule has 0 saturated carbocycles. The highest BCUT2D eigenvalue weighted by Gasteiger charge is 2.15. The number of nitrogens with zero attached hydrogens (tertiary/aromatic N) is 1. The molecule has 0 radical (unpaired) electrons. The van der Waals surface area contributed by atoms with E-state index in [9.17, 15) is 0 Å². The van der Waals surface area contributed by atoms with E-state index in [2.05, 4.69) is 20.9 Å². The van der Waals surface area contributed by atoms with Gasteiger partial charge in [0.25, 0.3) is 0 Å². The summed E-state index contributed by atoms with van der Waals surface area (Å²) in [7, 11) is 0. The Bertz CT molecular complexity index is 413. The maximum atomic E-state index is 6.00. The predicted octanol–water partition coefficient (Wildman–Crippen LogP) is 2.49. The van der Waals surface area contributed by atoms with Gasteiger partial charge in [-0.2, -0.15) is 0 Å². The molecule has 2 aromatic heterocycles. The fourth-order valence-corrected chi connectivity index (χ4v) is 1.69. The van der Waals surface area contributed by atoms with E-state index in [-0.39, 0.29) is 6.04 Å². The molecule has 1 atom stereocenters. The van der Waals surface area contributed by atoms with Crippen molar-refractivity contribution in [3.8, 4) is 0 Å². The summed E-state index contributed by atoms with van der Waals surface area (Å²) in [5.41, 5.74) is 6.93. The van der Waals surface area contributed by atoms with Gasteiger partial charge >= 0.3 is 0 Å². The lowest BCUT2D eigenvalue weighted by Crippen LogP contribution is -2.11. The lowest BCUT2D eigenvalue weighted by molar-refractivity contribution is 0.487. The second-order valence-electron chi connectivity index (χ2n) is 2.90. The van der Waals surface area contributed by atoms with Crippen LogP contribution in [0.3, 0.4) is 0 Å². The molecule has 1 unspecified atom stereocenters. The lowest BCUT2D eigenvalue weighted by atomic mass is 10.1. The van der Waals surface area contributed by atoms with Crippen molar-refractivity contribution in [2.45, 2.75) is 6.04 Å². The molecule has 2 heterocycles. The Hall–Kier alpha value is -1.13. The summed E-state index contributed by atoms with van der Waals surface area (Å²) < 4.78 is 6.16. The zero-order valence-corrected chi connectivity index (χ0v) is 8.94. The van der Waals surface area contributed by atoms with Gasteiger partial charge in [-0.1, -0.05) is 6.07 Å². The van der Waals surface area contributed by atoms with Crippen molar-refractivity contribution < 1.29 is 4.42 Å². The number of hydrogen-bond acceptors (Lipinski definition) is 3. The van der Waals surface area contributed by atoms with Gasteiger partial charge in [-0.3, -0.25) is 4.98 Å². The Kier molecular flexibility index (Phi) is 2.65. The van der Waals surface area contributed by atoms with E-state index < -0.39 is 0 Å². The van der Waals surface area contributed by atoms with E-state index in [0.717, 1.165) is 15.8 Å². The first-order valence-electron chi connectivity index (χ1n) is 4.17. The number of aromatic nitrogens is 1. The summed E-state index contributed by atoms with van der Waals surface area (Å²) in [6.07, 6.45) is 5.06. The zero-order chi connectivity index (χ0) is 9.97. The van der Waals surface area contributed by atoms with Gasteiger partial charge in [-0.05, 0) is 33.6 Å². The molecule has 3 nitrogen and oxygen atoms in total. The minimum atomic E-state index is -0.270. The molecule has 0 aromatic carbocycles. The monoisotopic (exact) mass is 252 g/mol. The minimum absolute atomic E-state index is 0.270. The number of pyridine rings is 1. The van der Waals surface area contributed by atoms with Crippen LogP contribution in [0.4, 0.5) is 0 Å². The number of furan rings is 1. The van der Waals surface area contributed by atoms with Crippen LogP contribution < -0.4 is 5.73 Å². The van der Waals surface area contributed by atoms with Gasteiger partial charge in [0.15, 0.2) is 0 Å². The fourth-order valence-electron chi connectivity index (χ4n) is 1.24. The van der Waals surface area contributed by atoms with Crippen LogP contribution >= 0.6 is 15.9 Å². The van der Waals surface area contributed by atoms with Crippen LogP contribution in [-0.4, -0.2) is 4.98 Å². The maximum Gasteiger partial charge on any atom is 0.139 e. The highest BCUT2D eigenvalue weighted by atomic mass is 79.9. The largest absolute Gasteiger partial charge is 0.466 e. The molecule has 0 amide bonds. The lowest BCUT2D eigenvalue weighted by Gasteiger charge is -2.08. The van der Waals surface area contributed by atoms with E-state index in [4.69, 9.17) is 10.2 Å². The molecule has 0 spiro atoms. The molecular weight excluding hydrogens is 244 g/mol. The Labute approximate surface area is 90.1 Å². The SMILES string of the molecule is NC(c1cccnc1)c1occc1Br. The second-order valence-corrected chi connectivity index (χ2v) is 3.75. The highest BCUT2D eigenvalue weighted by Crippen LogP contribution is 2.26.